The molecule has 2 bridgehead atoms. The molecule has 3 aliphatic heterocycles. The molecule has 1 amide bonds. The number of ether oxygens (including phenoxy) is 3. The van der Waals surface area contributed by atoms with Gasteiger partial charge in [-0.25, -0.2) is 9.59 Å². The molecule has 1 aromatic heterocycles. The number of piperidine rings is 3. The van der Waals surface area contributed by atoms with Crippen LogP contribution in [0.1, 0.15) is 89.7 Å². The molecular formula is C47H54N4O8. The number of rotatable bonds is 19. The minimum atomic E-state index is -0.784. The molecule has 12 heteroatoms. The second-order valence-corrected chi connectivity index (χ2v) is 15.5. The Morgan fingerprint density at radius 2 is 1.61 bits per heavy atom. The first-order valence-corrected chi connectivity index (χ1v) is 20.8. The zero-order valence-electron chi connectivity index (χ0n) is 33.3. The predicted molar refractivity (Wildman–Crippen MR) is 226 cm³/mol. The molecule has 5 aromatic rings. The van der Waals surface area contributed by atoms with E-state index in [9.17, 15) is 24.6 Å². The van der Waals surface area contributed by atoms with Gasteiger partial charge < -0.3 is 40.0 Å². The third kappa shape index (κ3) is 11.3. The first-order valence-electron chi connectivity index (χ1n) is 20.8. The molecule has 0 radical (unpaired) electrons. The number of nitrogens with zero attached hydrogens (tertiary/aromatic N) is 1. The number of phenolic OH excluding ortho intramolecular Hbond substituents is 1. The zero-order chi connectivity index (χ0) is 41.0. The van der Waals surface area contributed by atoms with Gasteiger partial charge in [-0.05, 0) is 110 Å². The fraction of sp³-hybridized carbons (Fsp3) is 0.383. The van der Waals surface area contributed by atoms with Gasteiger partial charge in [0.25, 0.3) is 0 Å². The third-order valence-corrected chi connectivity index (χ3v) is 11.4. The number of phenols is 1. The molecule has 4 heterocycles. The number of pyridine rings is 1. The molecule has 310 valence electrons. The number of aliphatic hydroxyl groups excluding tert-OH is 1. The number of carbonyl (C=O) groups excluding carboxylic acids is 2. The number of benzene rings is 4. The highest BCUT2D eigenvalue weighted by molar-refractivity contribution is 5.89. The number of unbranched alkanes of at least 4 members (excludes halogenated alkanes) is 4. The topological polar surface area (TPSA) is 162 Å². The number of esters is 1. The number of hydrogen-bond donors (Lipinski definition) is 5. The molecule has 5 N–H and O–H groups in total. The summed E-state index contributed by atoms with van der Waals surface area (Å²) in [4.78, 5) is 42.5. The van der Waals surface area contributed by atoms with E-state index in [0.717, 1.165) is 87.8 Å². The average Bonchev–Trinajstić information content (AvgIpc) is 3.26. The van der Waals surface area contributed by atoms with E-state index in [1.165, 1.54) is 12.1 Å². The highest BCUT2D eigenvalue weighted by Gasteiger charge is 2.37. The summed E-state index contributed by atoms with van der Waals surface area (Å²) in [6.07, 6.45) is 5.53. The van der Waals surface area contributed by atoms with E-state index in [1.54, 1.807) is 24.3 Å². The zero-order valence-corrected chi connectivity index (χ0v) is 33.3. The van der Waals surface area contributed by atoms with Gasteiger partial charge in [0.2, 0.25) is 5.56 Å². The maximum atomic E-state index is 13.2. The van der Waals surface area contributed by atoms with Crippen molar-refractivity contribution >= 4 is 23.0 Å². The van der Waals surface area contributed by atoms with Crippen molar-refractivity contribution < 1.29 is 34.0 Å². The Bertz CT molecular complexity index is 2200. The standard InChI is InChI=1S/C47H54N4O8/c52-40-20-18-38(39-19-21-43(54)49-45(39)40)41(53)29-48-24-7-2-1-3-8-27-57-46(55)35-16-14-32(15-17-35)31-58-37-13-9-12-36(28-37)44(34-10-5-4-6-11-34)50-47(56)59-42-30-51-25-22-33(42)23-26-51/h4-6,9-21,28,33,41-42,44,48,52-53H,1-3,7-8,22-27,29-31H2,(H,49,54)(H,50,56)/t41-,42+,44?/m1/s1. The van der Waals surface area contributed by atoms with Crippen LogP contribution in [0.25, 0.3) is 10.9 Å². The molecule has 59 heavy (non-hydrogen) atoms. The van der Waals surface area contributed by atoms with Crippen molar-refractivity contribution in [2.45, 2.75) is 69.8 Å². The molecule has 1 unspecified atom stereocenters. The quantitative estimate of drug-likeness (QED) is 0.0428. The number of aromatic hydroxyl groups is 1. The van der Waals surface area contributed by atoms with Gasteiger partial charge in [-0.15, -0.1) is 0 Å². The van der Waals surface area contributed by atoms with Crippen LogP contribution in [0.4, 0.5) is 4.79 Å². The minimum Gasteiger partial charge on any atom is -0.506 e. The van der Waals surface area contributed by atoms with Crippen LogP contribution in [-0.2, 0) is 16.1 Å². The fourth-order valence-corrected chi connectivity index (χ4v) is 8.05. The summed E-state index contributed by atoms with van der Waals surface area (Å²) in [5, 5.41) is 27.8. The number of amides is 1. The Balaban J connectivity index is 0.792. The lowest BCUT2D eigenvalue weighted by atomic mass is 9.86. The Labute approximate surface area is 344 Å². The molecule has 3 aliphatic rings. The van der Waals surface area contributed by atoms with Crippen LogP contribution in [0.15, 0.2) is 108 Å². The summed E-state index contributed by atoms with van der Waals surface area (Å²) >= 11 is 0. The highest BCUT2D eigenvalue weighted by Crippen LogP contribution is 2.31. The van der Waals surface area contributed by atoms with Crippen LogP contribution in [-0.4, -0.2) is 77.6 Å². The molecule has 3 saturated heterocycles. The number of hydrogen-bond acceptors (Lipinski definition) is 10. The van der Waals surface area contributed by atoms with Gasteiger partial charge in [0, 0.05) is 24.5 Å². The van der Waals surface area contributed by atoms with Gasteiger partial charge in [0.1, 0.15) is 24.2 Å². The Hall–Kier alpha value is -5.69. The Morgan fingerprint density at radius 3 is 2.39 bits per heavy atom. The van der Waals surface area contributed by atoms with Gasteiger partial charge in [-0.2, -0.15) is 0 Å². The van der Waals surface area contributed by atoms with Crippen molar-refractivity contribution in [1.82, 2.24) is 20.5 Å². The molecule has 0 aliphatic carbocycles. The number of fused-ring (bicyclic) bond motifs is 4. The first kappa shape index (κ1) is 41.5. The summed E-state index contributed by atoms with van der Waals surface area (Å²) in [5.41, 5.74) is 3.86. The predicted octanol–water partition coefficient (Wildman–Crippen LogP) is 7.15. The molecule has 0 spiro atoms. The summed E-state index contributed by atoms with van der Waals surface area (Å²) in [5.74, 6) is 0.699. The lowest BCUT2D eigenvalue weighted by Gasteiger charge is -2.43. The summed E-state index contributed by atoms with van der Waals surface area (Å²) in [6, 6.07) is 30.5. The van der Waals surface area contributed by atoms with E-state index >= 15 is 0 Å². The van der Waals surface area contributed by atoms with Crippen molar-refractivity contribution in [3.63, 3.8) is 0 Å². The van der Waals surface area contributed by atoms with Crippen molar-refractivity contribution in [3.05, 3.63) is 141 Å². The number of aromatic amines is 1. The Morgan fingerprint density at radius 1 is 0.847 bits per heavy atom. The number of nitrogens with one attached hydrogen (secondary N) is 3. The maximum Gasteiger partial charge on any atom is 0.408 e. The molecule has 12 nitrogen and oxygen atoms in total. The average molecular weight is 803 g/mol. The Kier molecular flexibility index (Phi) is 14.3. The maximum absolute atomic E-state index is 13.2. The normalized spacial score (nSPS) is 18.2. The molecule has 0 saturated carbocycles. The van der Waals surface area contributed by atoms with Crippen molar-refractivity contribution in [1.29, 1.82) is 0 Å². The lowest BCUT2D eigenvalue weighted by molar-refractivity contribution is -0.0336. The molecule has 4 aromatic carbocycles. The van der Waals surface area contributed by atoms with Gasteiger partial charge in [0.15, 0.2) is 0 Å². The van der Waals surface area contributed by atoms with Crippen LogP contribution in [0.5, 0.6) is 11.5 Å². The van der Waals surface area contributed by atoms with E-state index in [0.29, 0.717) is 53.5 Å². The number of alkyl carbamates (subject to hydrolysis) is 1. The molecule has 3 fully saturated rings. The summed E-state index contributed by atoms with van der Waals surface area (Å²) < 4.78 is 17.7. The second-order valence-electron chi connectivity index (χ2n) is 15.5. The van der Waals surface area contributed by atoms with E-state index in [-0.39, 0.29) is 23.4 Å². The van der Waals surface area contributed by atoms with Crippen molar-refractivity contribution in [3.8, 4) is 11.5 Å². The fourth-order valence-electron chi connectivity index (χ4n) is 8.05. The summed E-state index contributed by atoms with van der Waals surface area (Å²) in [7, 11) is 0. The molecule has 8 rings (SSSR count). The van der Waals surface area contributed by atoms with Gasteiger partial charge >= 0.3 is 12.1 Å². The SMILES string of the molecule is O=C(NC(c1ccccc1)c1cccc(OCc2ccc(C(=O)OCCCCCCCNC[C@@H](O)c3ccc(O)c4[nH]c(=O)ccc34)cc2)c1)O[C@H]1CN2CCC1CC2. The lowest BCUT2D eigenvalue weighted by Crippen LogP contribution is -2.52. The van der Waals surface area contributed by atoms with Crippen LogP contribution in [0, 0.1) is 5.92 Å². The third-order valence-electron chi connectivity index (χ3n) is 11.4. The summed E-state index contributed by atoms with van der Waals surface area (Å²) in [6.45, 7) is 4.72. The molecular weight excluding hydrogens is 749 g/mol. The van der Waals surface area contributed by atoms with Crippen LogP contribution < -0.4 is 20.9 Å². The highest BCUT2D eigenvalue weighted by atomic mass is 16.6. The van der Waals surface area contributed by atoms with Crippen molar-refractivity contribution in [2.75, 3.05) is 39.3 Å². The number of aromatic nitrogens is 1. The van der Waals surface area contributed by atoms with E-state index in [1.807, 2.05) is 66.7 Å². The van der Waals surface area contributed by atoms with Crippen LogP contribution in [0.2, 0.25) is 0 Å². The van der Waals surface area contributed by atoms with Gasteiger partial charge in [0.05, 0.1) is 29.8 Å². The largest absolute Gasteiger partial charge is 0.506 e. The van der Waals surface area contributed by atoms with Crippen molar-refractivity contribution in [2.24, 2.45) is 5.92 Å². The van der Waals surface area contributed by atoms with Crippen LogP contribution >= 0.6 is 0 Å². The van der Waals surface area contributed by atoms with E-state index in [2.05, 4.69) is 20.5 Å². The smallest absolute Gasteiger partial charge is 0.408 e. The van der Waals surface area contributed by atoms with Crippen LogP contribution in [0.3, 0.4) is 0 Å². The monoisotopic (exact) mass is 802 g/mol. The number of H-pyrrole nitrogens is 1. The minimum absolute atomic E-state index is 0.0319. The van der Waals surface area contributed by atoms with Gasteiger partial charge in [-0.1, -0.05) is 79.9 Å². The van der Waals surface area contributed by atoms with Gasteiger partial charge in [-0.3, -0.25) is 9.69 Å². The number of carbonyl (C=O) groups is 2. The first-order chi connectivity index (χ1) is 28.8. The number of aliphatic hydroxyl groups is 1. The second kappa shape index (κ2) is 20.3. The van der Waals surface area contributed by atoms with E-state index < -0.39 is 18.2 Å². The molecule has 3 atom stereocenters. The van der Waals surface area contributed by atoms with E-state index in [4.69, 9.17) is 14.2 Å².